The number of carbonyl (C=O) groups is 1. The number of nitrogens with one attached hydrogen (secondary N) is 2. The van der Waals surface area contributed by atoms with Crippen LogP contribution in [0.25, 0.3) is 27.9 Å². The van der Waals surface area contributed by atoms with Gasteiger partial charge in [-0.2, -0.15) is 9.61 Å². The number of rotatable bonds is 6. The summed E-state index contributed by atoms with van der Waals surface area (Å²) in [6.07, 6.45) is 1.71. The first kappa shape index (κ1) is 23.3. The van der Waals surface area contributed by atoms with Crippen LogP contribution in [0.1, 0.15) is 16.1 Å². The number of amides is 1. The number of hydrogen-bond acceptors (Lipinski definition) is 5. The quantitative estimate of drug-likeness (QED) is 0.217. The van der Waals surface area contributed by atoms with Crippen molar-refractivity contribution in [1.29, 1.82) is 0 Å². The van der Waals surface area contributed by atoms with Crippen LogP contribution in [0.2, 0.25) is 5.02 Å². The van der Waals surface area contributed by atoms with E-state index in [4.69, 9.17) is 21.0 Å². The van der Waals surface area contributed by atoms with Gasteiger partial charge in [0.2, 0.25) is 0 Å². The van der Waals surface area contributed by atoms with Crippen LogP contribution in [0.3, 0.4) is 0 Å². The Kier molecular flexibility index (Phi) is 6.12. The van der Waals surface area contributed by atoms with Gasteiger partial charge in [0.25, 0.3) is 5.91 Å². The molecule has 6 rings (SSSR count). The number of aromatic nitrogens is 3. The molecule has 0 radical (unpaired) electrons. The topological polar surface area (TPSA) is 84.5 Å². The van der Waals surface area contributed by atoms with Crippen LogP contribution in [-0.2, 0) is 6.54 Å². The van der Waals surface area contributed by atoms with E-state index in [1.807, 2.05) is 78.9 Å². The average molecular weight is 573 g/mol. The standard InChI is InChI=1S/C28H19BrClN5O2/c29-21-16-32-35-26(14-23(34-27(21)35)20-9-2-3-10-22(20)30)31-15-17-6-5-8-19(12-17)33-28(36)25-13-18-7-1-4-11-24(18)37-25/h1-14,16,31H,15H2,(H,33,36). The highest BCUT2D eigenvalue weighted by molar-refractivity contribution is 9.10. The van der Waals surface area contributed by atoms with Crippen LogP contribution in [0, 0.1) is 0 Å². The van der Waals surface area contributed by atoms with E-state index in [9.17, 15) is 4.79 Å². The molecule has 3 heterocycles. The molecule has 0 aliphatic carbocycles. The smallest absolute Gasteiger partial charge is 0.291 e. The van der Waals surface area contributed by atoms with Crippen molar-refractivity contribution in [2.24, 2.45) is 0 Å². The van der Waals surface area contributed by atoms with Gasteiger partial charge in [-0.05, 0) is 51.8 Å². The third kappa shape index (κ3) is 4.69. The van der Waals surface area contributed by atoms with Crippen molar-refractivity contribution < 1.29 is 9.21 Å². The summed E-state index contributed by atoms with van der Waals surface area (Å²) < 4.78 is 8.19. The Morgan fingerprint density at radius 1 is 1.00 bits per heavy atom. The fraction of sp³-hybridized carbons (Fsp3) is 0.0357. The Morgan fingerprint density at radius 2 is 1.84 bits per heavy atom. The number of fused-ring (bicyclic) bond motifs is 2. The molecule has 7 nitrogen and oxygen atoms in total. The van der Waals surface area contributed by atoms with Crippen LogP contribution in [0.5, 0.6) is 0 Å². The molecule has 0 atom stereocenters. The van der Waals surface area contributed by atoms with E-state index in [0.717, 1.165) is 32.5 Å². The molecule has 2 N–H and O–H groups in total. The lowest BCUT2D eigenvalue weighted by Gasteiger charge is -2.12. The van der Waals surface area contributed by atoms with Crippen molar-refractivity contribution in [3.63, 3.8) is 0 Å². The summed E-state index contributed by atoms with van der Waals surface area (Å²) in [6.45, 7) is 0.493. The van der Waals surface area contributed by atoms with Crippen molar-refractivity contribution in [3.8, 4) is 11.3 Å². The summed E-state index contributed by atoms with van der Waals surface area (Å²) in [7, 11) is 0. The zero-order valence-electron chi connectivity index (χ0n) is 19.3. The molecule has 3 aromatic heterocycles. The normalized spacial score (nSPS) is 11.2. The fourth-order valence-electron chi connectivity index (χ4n) is 4.11. The average Bonchev–Trinajstić information content (AvgIpc) is 3.52. The molecule has 0 spiro atoms. The van der Waals surface area contributed by atoms with Crippen LogP contribution in [0.4, 0.5) is 11.5 Å². The highest BCUT2D eigenvalue weighted by Crippen LogP contribution is 2.30. The number of nitrogens with zero attached hydrogens (tertiary/aromatic N) is 3. The van der Waals surface area contributed by atoms with E-state index in [1.54, 1.807) is 16.8 Å². The summed E-state index contributed by atoms with van der Waals surface area (Å²) in [4.78, 5) is 17.5. The second kappa shape index (κ2) is 9.72. The van der Waals surface area contributed by atoms with Crippen LogP contribution in [-0.4, -0.2) is 20.5 Å². The molecular formula is C28H19BrClN5O2. The minimum Gasteiger partial charge on any atom is -0.451 e. The van der Waals surface area contributed by atoms with Gasteiger partial charge in [-0.1, -0.05) is 60.1 Å². The lowest BCUT2D eigenvalue weighted by Crippen LogP contribution is -2.11. The minimum atomic E-state index is -0.303. The number of benzene rings is 3. The molecule has 1 amide bonds. The molecule has 0 saturated carbocycles. The maximum absolute atomic E-state index is 12.8. The maximum atomic E-state index is 12.8. The molecule has 0 aliphatic heterocycles. The Balaban J connectivity index is 1.24. The molecular weight excluding hydrogens is 554 g/mol. The summed E-state index contributed by atoms with van der Waals surface area (Å²) in [5.41, 5.74) is 4.55. The van der Waals surface area contributed by atoms with Crippen LogP contribution < -0.4 is 10.6 Å². The number of hydrogen-bond donors (Lipinski definition) is 2. The zero-order valence-corrected chi connectivity index (χ0v) is 21.6. The molecule has 0 fully saturated rings. The van der Waals surface area contributed by atoms with Crippen molar-refractivity contribution in [3.05, 3.63) is 112 Å². The molecule has 6 aromatic rings. The maximum Gasteiger partial charge on any atom is 0.291 e. The van der Waals surface area contributed by atoms with Gasteiger partial charge in [-0.25, -0.2) is 4.98 Å². The first-order valence-corrected chi connectivity index (χ1v) is 12.6. The first-order valence-electron chi connectivity index (χ1n) is 11.5. The molecule has 0 unspecified atom stereocenters. The Bertz CT molecular complexity index is 1740. The number of anilines is 2. The van der Waals surface area contributed by atoms with Gasteiger partial charge < -0.3 is 15.1 Å². The van der Waals surface area contributed by atoms with Crippen LogP contribution in [0.15, 0.2) is 100 Å². The van der Waals surface area contributed by atoms with Gasteiger partial charge in [0, 0.05) is 34.3 Å². The predicted octanol–water partition coefficient (Wildman–Crippen LogP) is 7.42. The second-order valence-corrected chi connectivity index (χ2v) is 9.65. The minimum absolute atomic E-state index is 0.264. The van der Waals surface area contributed by atoms with Crippen molar-refractivity contribution in [2.45, 2.75) is 6.54 Å². The lowest BCUT2D eigenvalue weighted by molar-refractivity contribution is 0.0998. The number of para-hydroxylation sites is 1. The zero-order chi connectivity index (χ0) is 25.4. The van der Waals surface area contributed by atoms with E-state index in [-0.39, 0.29) is 11.7 Å². The van der Waals surface area contributed by atoms with Crippen molar-refractivity contribution in [1.82, 2.24) is 14.6 Å². The highest BCUT2D eigenvalue weighted by atomic mass is 79.9. The molecule has 0 aliphatic rings. The van der Waals surface area contributed by atoms with Crippen molar-refractivity contribution in [2.75, 3.05) is 10.6 Å². The summed E-state index contributed by atoms with van der Waals surface area (Å²) in [5.74, 6) is 0.713. The molecule has 9 heteroatoms. The lowest BCUT2D eigenvalue weighted by atomic mass is 10.1. The first-order chi connectivity index (χ1) is 18.0. The van der Waals surface area contributed by atoms with Gasteiger partial charge in [0.05, 0.1) is 16.4 Å². The summed E-state index contributed by atoms with van der Waals surface area (Å²) >= 11 is 9.97. The Morgan fingerprint density at radius 3 is 2.70 bits per heavy atom. The Hall–Kier alpha value is -4.14. The molecule has 182 valence electrons. The van der Waals surface area contributed by atoms with Gasteiger partial charge in [-0.3, -0.25) is 4.79 Å². The van der Waals surface area contributed by atoms with Crippen LogP contribution >= 0.6 is 27.5 Å². The Labute approximate surface area is 225 Å². The van der Waals surface area contributed by atoms with E-state index in [1.165, 1.54) is 0 Å². The summed E-state index contributed by atoms with van der Waals surface area (Å²) in [6, 6.07) is 26.4. The summed E-state index contributed by atoms with van der Waals surface area (Å²) in [5, 5.41) is 12.3. The van der Waals surface area contributed by atoms with Gasteiger partial charge in [-0.15, -0.1) is 0 Å². The van der Waals surface area contributed by atoms with E-state index in [0.29, 0.717) is 28.5 Å². The molecule has 37 heavy (non-hydrogen) atoms. The van der Waals surface area contributed by atoms with E-state index in [2.05, 4.69) is 31.7 Å². The monoisotopic (exact) mass is 571 g/mol. The van der Waals surface area contributed by atoms with Gasteiger partial charge in [0.1, 0.15) is 11.4 Å². The van der Waals surface area contributed by atoms with E-state index < -0.39 is 0 Å². The fourth-order valence-corrected chi connectivity index (χ4v) is 4.69. The second-order valence-electron chi connectivity index (χ2n) is 8.39. The third-order valence-corrected chi connectivity index (χ3v) is 6.78. The largest absolute Gasteiger partial charge is 0.451 e. The number of halogens is 2. The SMILES string of the molecule is O=C(Nc1cccc(CNc2cc(-c3ccccc3Cl)nc3c(Br)cnn23)c1)c1cc2ccccc2o1. The van der Waals surface area contributed by atoms with E-state index >= 15 is 0 Å². The molecule has 0 bridgehead atoms. The van der Waals surface area contributed by atoms with Gasteiger partial charge >= 0.3 is 0 Å². The number of carbonyl (C=O) groups excluding carboxylic acids is 1. The molecule has 0 saturated heterocycles. The number of furan rings is 1. The van der Waals surface area contributed by atoms with Gasteiger partial charge in [0.15, 0.2) is 11.4 Å². The van der Waals surface area contributed by atoms with Crippen molar-refractivity contribution >= 4 is 61.6 Å². The highest BCUT2D eigenvalue weighted by Gasteiger charge is 2.15. The predicted molar refractivity (Wildman–Crippen MR) is 149 cm³/mol. The third-order valence-electron chi connectivity index (χ3n) is 5.89. The molecule has 3 aromatic carbocycles.